The lowest BCUT2D eigenvalue weighted by atomic mass is 9.77. The van der Waals surface area contributed by atoms with Gasteiger partial charge in [0.25, 0.3) is 5.56 Å². The number of rotatable bonds is 2. The van der Waals surface area contributed by atoms with Crippen LogP contribution in [0.5, 0.6) is 0 Å². The van der Waals surface area contributed by atoms with Gasteiger partial charge in [-0.15, -0.1) is 11.3 Å². The summed E-state index contributed by atoms with van der Waals surface area (Å²) in [6.45, 7) is 0.664. The van der Waals surface area contributed by atoms with Crippen LogP contribution in [0.3, 0.4) is 0 Å². The summed E-state index contributed by atoms with van der Waals surface area (Å²) in [5.41, 5.74) is 2.76. The molecule has 1 atom stereocenters. The van der Waals surface area contributed by atoms with Crippen molar-refractivity contribution in [3.63, 3.8) is 0 Å². The van der Waals surface area contributed by atoms with E-state index >= 15 is 0 Å². The van der Waals surface area contributed by atoms with Crippen molar-refractivity contribution in [2.75, 3.05) is 0 Å². The van der Waals surface area contributed by atoms with E-state index in [1.165, 1.54) is 22.5 Å². The maximum Gasteiger partial charge on any atom is 0.263 e. The summed E-state index contributed by atoms with van der Waals surface area (Å²) < 4.78 is 2.22. The molecule has 1 N–H and O–H groups in total. The van der Waals surface area contributed by atoms with Crippen molar-refractivity contribution >= 4 is 33.8 Å². The Kier molecular flexibility index (Phi) is 2.65. The zero-order valence-electron chi connectivity index (χ0n) is 10.6. The first-order chi connectivity index (χ1) is 9.74. The van der Waals surface area contributed by atoms with Crippen LogP contribution in [0.1, 0.15) is 17.0 Å². The van der Waals surface area contributed by atoms with Crippen LogP contribution in [0.25, 0.3) is 10.2 Å². The SMILES string of the molecule is O=c1c2ccsc2[nH]c(=S)n1CC1Cc2ccccc21. The van der Waals surface area contributed by atoms with Crippen molar-refractivity contribution in [1.29, 1.82) is 0 Å². The molecule has 0 fully saturated rings. The number of nitrogens with one attached hydrogen (secondary N) is 1. The van der Waals surface area contributed by atoms with Crippen LogP contribution in [-0.2, 0) is 13.0 Å². The molecular formula is C15H12N2OS2. The maximum absolute atomic E-state index is 12.5. The third-order valence-electron chi connectivity index (χ3n) is 3.97. The number of benzene rings is 1. The lowest BCUT2D eigenvalue weighted by Crippen LogP contribution is -2.29. The molecule has 2 heterocycles. The van der Waals surface area contributed by atoms with Crippen LogP contribution in [-0.4, -0.2) is 9.55 Å². The van der Waals surface area contributed by atoms with Crippen LogP contribution >= 0.6 is 23.6 Å². The molecular weight excluding hydrogens is 288 g/mol. The molecule has 1 unspecified atom stereocenters. The summed E-state index contributed by atoms with van der Waals surface area (Å²) in [6, 6.07) is 10.3. The summed E-state index contributed by atoms with van der Waals surface area (Å²) >= 11 is 6.85. The first-order valence-electron chi connectivity index (χ1n) is 6.52. The predicted molar refractivity (Wildman–Crippen MR) is 84.2 cm³/mol. The van der Waals surface area contributed by atoms with Crippen LogP contribution in [0.4, 0.5) is 0 Å². The smallest absolute Gasteiger partial charge is 0.263 e. The van der Waals surface area contributed by atoms with E-state index in [2.05, 4.69) is 29.2 Å². The quantitative estimate of drug-likeness (QED) is 0.736. The van der Waals surface area contributed by atoms with Crippen LogP contribution in [0, 0.1) is 4.77 Å². The summed E-state index contributed by atoms with van der Waals surface area (Å²) in [5, 5.41) is 2.65. The van der Waals surface area contributed by atoms with E-state index in [0.29, 0.717) is 17.2 Å². The molecule has 1 aliphatic carbocycles. The third-order valence-corrected chi connectivity index (χ3v) is 5.12. The van der Waals surface area contributed by atoms with Crippen molar-refractivity contribution < 1.29 is 0 Å². The minimum Gasteiger partial charge on any atom is -0.323 e. The lowest BCUT2D eigenvalue weighted by Gasteiger charge is -2.30. The van der Waals surface area contributed by atoms with Gasteiger partial charge in [0.2, 0.25) is 0 Å². The number of H-pyrrole nitrogens is 1. The topological polar surface area (TPSA) is 37.8 Å². The number of thiophene rings is 1. The Morgan fingerprint density at radius 1 is 1.35 bits per heavy atom. The van der Waals surface area contributed by atoms with Gasteiger partial charge in [-0.1, -0.05) is 24.3 Å². The first-order valence-corrected chi connectivity index (χ1v) is 7.81. The van der Waals surface area contributed by atoms with Crippen molar-refractivity contribution in [1.82, 2.24) is 9.55 Å². The van der Waals surface area contributed by atoms with E-state index in [1.54, 1.807) is 4.57 Å². The van der Waals surface area contributed by atoms with E-state index in [4.69, 9.17) is 12.2 Å². The first kappa shape index (κ1) is 12.1. The molecule has 0 amide bonds. The third kappa shape index (κ3) is 1.70. The van der Waals surface area contributed by atoms with Gasteiger partial charge in [0.15, 0.2) is 4.77 Å². The molecule has 3 aromatic rings. The fourth-order valence-electron chi connectivity index (χ4n) is 2.89. The Labute approximate surface area is 124 Å². The summed E-state index contributed by atoms with van der Waals surface area (Å²) in [7, 11) is 0. The number of aromatic nitrogens is 2. The Morgan fingerprint density at radius 2 is 2.20 bits per heavy atom. The van der Waals surface area contributed by atoms with Gasteiger partial charge >= 0.3 is 0 Å². The summed E-state index contributed by atoms with van der Waals surface area (Å²) in [6.07, 6.45) is 1.03. The molecule has 5 heteroatoms. The summed E-state index contributed by atoms with van der Waals surface area (Å²) in [4.78, 5) is 16.5. The fourth-order valence-corrected chi connectivity index (χ4v) is 3.99. The van der Waals surface area contributed by atoms with Gasteiger partial charge < -0.3 is 4.98 Å². The average molecular weight is 300 g/mol. The molecule has 1 aromatic carbocycles. The highest BCUT2D eigenvalue weighted by molar-refractivity contribution is 7.71. The van der Waals surface area contributed by atoms with E-state index in [1.807, 2.05) is 11.4 Å². The van der Waals surface area contributed by atoms with Gasteiger partial charge in [-0.05, 0) is 41.2 Å². The Hall–Kier alpha value is -1.72. The number of hydrogen-bond acceptors (Lipinski definition) is 3. The lowest BCUT2D eigenvalue weighted by molar-refractivity contribution is 0.493. The molecule has 0 aliphatic heterocycles. The van der Waals surface area contributed by atoms with Crippen LogP contribution in [0.2, 0.25) is 0 Å². The molecule has 3 nitrogen and oxygen atoms in total. The van der Waals surface area contributed by atoms with E-state index in [9.17, 15) is 4.79 Å². The summed E-state index contributed by atoms with van der Waals surface area (Å²) in [5.74, 6) is 0.398. The highest BCUT2D eigenvalue weighted by Gasteiger charge is 2.26. The monoisotopic (exact) mass is 300 g/mol. The number of aromatic amines is 1. The van der Waals surface area contributed by atoms with Crippen LogP contribution < -0.4 is 5.56 Å². The van der Waals surface area contributed by atoms with Gasteiger partial charge in [0.05, 0.1) is 5.39 Å². The largest absolute Gasteiger partial charge is 0.323 e. The molecule has 4 rings (SSSR count). The van der Waals surface area contributed by atoms with Gasteiger partial charge in [0, 0.05) is 12.5 Å². The van der Waals surface area contributed by atoms with E-state index in [0.717, 1.165) is 16.6 Å². The molecule has 1 aliphatic rings. The molecule has 20 heavy (non-hydrogen) atoms. The number of hydrogen-bond donors (Lipinski definition) is 1. The minimum absolute atomic E-state index is 0.0226. The van der Waals surface area contributed by atoms with E-state index < -0.39 is 0 Å². The zero-order valence-corrected chi connectivity index (χ0v) is 12.3. The highest BCUT2D eigenvalue weighted by Crippen LogP contribution is 2.35. The molecule has 0 saturated carbocycles. The zero-order chi connectivity index (χ0) is 13.7. The number of fused-ring (bicyclic) bond motifs is 2. The van der Waals surface area contributed by atoms with Crippen molar-refractivity contribution in [3.8, 4) is 0 Å². The standard InChI is InChI=1S/C15H12N2OS2/c18-14-12-5-6-20-13(12)16-15(19)17(14)8-10-7-9-3-1-2-4-11(9)10/h1-6,10H,7-8H2,(H,16,19). The van der Waals surface area contributed by atoms with Gasteiger partial charge in [-0.25, -0.2) is 0 Å². The normalized spacial score (nSPS) is 16.9. The Balaban J connectivity index is 1.78. The fraction of sp³-hybridized carbons (Fsp3) is 0.200. The Morgan fingerprint density at radius 3 is 3.05 bits per heavy atom. The molecule has 100 valence electrons. The second-order valence-corrected chi connectivity index (χ2v) is 6.41. The molecule has 0 spiro atoms. The Bertz CT molecular complexity index is 919. The van der Waals surface area contributed by atoms with Crippen molar-refractivity contribution in [3.05, 3.63) is 62.0 Å². The van der Waals surface area contributed by atoms with Crippen molar-refractivity contribution in [2.24, 2.45) is 0 Å². The van der Waals surface area contributed by atoms with Gasteiger partial charge in [0.1, 0.15) is 4.83 Å². The predicted octanol–water partition coefficient (Wildman–Crippen LogP) is 3.46. The molecule has 2 aromatic heterocycles. The van der Waals surface area contributed by atoms with Crippen molar-refractivity contribution in [2.45, 2.75) is 18.9 Å². The second-order valence-electron chi connectivity index (χ2n) is 5.11. The minimum atomic E-state index is 0.0226. The maximum atomic E-state index is 12.5. The highest BCUT2D eigenvalue weighted by atomic mass is 32.1. The molecule has 0 bridgehead atoms. The van der Waals surface area contributed by atoms with Gasteiger partial charge in [-0.3, -0.25) is 9.36 Å². The number of nitrogens with zero attached hydrogens (tertiary/aromatic N) is 1. The molecule has 0 saturated heterocycles. The van der Waals surface area contributed by atoms with Gasteiger partial charge in [-0.2, -0.15) is 0 Å². The second kappa shape index (κ2) is 4.40. The molecule has 0 radical (unpaired) electrons. The van der Waals surface area contributed by atoms with Crippen LogP contribution in [0.15, 0.2) is 40.5 Å². The average Bonchev–Trinajstić information content (AvgIpc) is 2.87. The van der Waals surface area contributed by atoms with E-state index in [-0.39, 0.29) is 5.56 Å².